The molecule has 1 N–H and O–H groups in total. The Bertz CT molecular complexity index is 410. The first-order chi connectivity index (χ1) is 7.69. The van der Waals surface area contributed by atoms with E-state index in [0.717, 1.165) is 0 Å². The second-order valence-electron chi connectivity index (χ2n) is 3.10. The van der Waals surface area contributed by atoms with Crippen molar-refractivity contribution >= 4 is 11.8 Å². The molecule has 0 fully saturated rings. The number of carbonyl (C=O) groups is 1. The number of likely N-dealkylation sites (N-methyl/N-ethyl adjacent to an activating group) is 1. The highest BCUT2D eigenvalue weighted by atomic mass is 16.5. The molecule has 0 saturated carbocycles. The molecule has 0 aliphatic rings. The van der Waals surface area contributed by atoms with Crippen LogP contribution in [-0.2, 0) is 16.0 Å². The molecular formula is C11H12N2O3. The van der Waals surface area contributed by atoms with Crippen LogP contribution >= 0.6 is 0 Å². The molecule has 0 radical (unpaired) electrons. The third-order valence-corrected chi connectivity index (χ3v) is 2.00. The second kappa shape index (κ2) is 5.80. The summed E-state index contributed by atoms with van der Waals surface area (Å²) in [5.41, 5.74) is 0.446. The molecule has 84 valence electrons. The van der Waals surface area contributed by atoms with Crippen LogP contribution in [0.3, 0.4) is 0 Å². The van der Waals surface area contributed by atoms with E-state index >= 15 is 0 Å². The van der Waals surface area contributed by atoms with Crippen molar-refractivity contribution in [1.82, 2.24) is 10.0 Å². The highest BCUT2D eigenvalue weighted by Gasteiger charge is 2.17. The lowest BCUT2D eigenvalue weighted by Crippen LogP contribution is -2.29. The van der Waals surface area contributed by atoms with Crippen LogP contribution in [-0.4, -0.2) is 33.6 Å². The minimum absolute atomic E-state index is 0.0697. The van der Waals surface area contributed by atoms with Gasteiger partial charge in [-0.05, 0) is 19.1 Å². The first kappa shape index (κ1) is 12.1. The zero-order chi connectivity index (χ0) is 12.0. The van der Waals surface area contributed by atoms with Gasteiger partial charge in [0.25, 0.3) is 5.91 Å². The molecule has 0 bridgehead atoms. The van der Waals surface area contributed by atoms with Gasteiger partial charge in [-0.25, -0.2) is 9.86 Å². The molecule has 0 saturated heterocycles. The predicted octanol–water partition coefficient (Wildman–Crippen LogP) is 0.620. The third-order valence-electron chi connectivity index (χ3n) is 2.00. The van der Waals surface area contributed by atoms with E-state index in [2.05, 4.69) is 4.98 Å². The number of hydroxylamine groups is 2. The van der Waals surface area contributed by atoms with Gasteiger partial charge in [0.15, 0.2) is 0 Å². The van der Waals surface area contributed by atoms with E-state index in [-0.39, 0.29) is 18.5 Å². The first-order valence-corrected chi connectivity index (χ1v) is 4.83. The van der Waals surface area contributed by atoms with E-state index in [0.29, 0.717) is 10.8 Å². The van der Waals surface area contributed by atoms with Gasteiger partial charge in [0.2, 0.25) is 0 Å². The van der Waals surface area contributed by atoms with Gasteiger partial charge in [-0.3, -0.25) is 15.0 Å². The summed E-state index contributed by atoms with van der Waals surface area (Å²) in [5.74, 6) is 0.808. The van der Waals surface area contributed by atoms with E-state index in [9.17, 15) is 9.59 Å². The summed E-state index contributed by atoms with van der Waals surface area (Å²) >= 11 is 0. The lowest BCUT2D eigenvalue weighted by molar-refractivity contribution is -0.159. The zero-order valence-electron chi connectivity index (χ0n) is 8.88. The minimum Gasteiger partial charge on any atom is -0.286 e. The van der Waals surface area contributed by atoms with Crippen molar-refractivity contribution in [3.63, 3.8) is 0 Å². The van der Waals surface area contributed by atoms with Crippen LogP contribution in [0.5, 0.6) is 0 Å². The molecule has 5 heteroatoms. The molecule has 0 aliphatic heterocycles. The summed E-state index contributed by atoms with van der Waals surface area (Å²) in [7, 11) is 0. The predicted molar refractivity (Wildman–Crippen MR) is 56.3 cm³/mol. The molecule has 0 atom stereocenters. The maximum atomic E-state index is 11.5. The fourth-order valence-corrected chi connectivity index (χ4v) is 1.14. The fraction of sp³-hybridized carbons (Fsp3) is 0.273. The topological polar surface area (TPSA) is 70.5 Å². The lowest BCUT2D eigenvalue weighted by atomic mass is 10.1. The number of rotatable bonds is 4. The summed E-state index contributed by atoms with van der Waals surface area (Å²) in [6.45, 7) is 1.72. The number of carbonyl (C=O) groups excluding carboxylic acids is 2. The number of pyridine rings is 1. The SMILES string of the molecule is CCN(O)C(=O)C(=C=O)Cc1ccccn1. The summed E-state index contributed by atoms with van der Waals surface area (Å²) < 4.78 is 0. The van der Waals surface area contributed by atoms with Crippen molar-refractivity contribution < 1.29 is 14.8 Å². The number of hydrogen-bond acceptors (Lipinski definition) is 4. The van der Waals surface area contributed by atoms with Gasteiger partial charge in [0.05, 0.1) is 0 Å². The Labute approximate surface area is 93.0 Å². The van der Waals surface area contributed by atoms with Gasteiger partial charge in [0, 0.05) is 24.9 Å². The van der Waals surface area contributed by atoms with Gasteiger partial charge >= 0.3 is 0 Å². The summed E-state index contributed by atoms with van der Waals surface area (Å²) in [5, 5.41) is 9.65. The van der Waals surface area contributed by atoms with Crippen molar-refractivity contribution in [2.45, 2.75) is 13.3 Å². The number of aromatic nitrogens is 1. The average molecular weight is 220 g/mol. The van der Waals surface area contributed by atoms with Gasteiger partial charge in [-0.2, -0.15) is 0 Å². The van der Waals surface area contributed by atoms with Crippen molar-refractivity contribution in [2.24, 2.45) is 0 Å². The van der Waals surface area contributed by atoms with E-state index in [4.69, 9.17) is 5.21 Å². The quantitative estimate of drug-likeness (QED) is 0.349. The monoisotopic (exact) mass is 220 g/mol. The molecule has 1 heterocycles. The number of nitrogens with zero attached hydrogens (tertiary/aromatic N) is 2. The van der Waals surface area contributed by atoms with Crippen LogP contribution in [0.25, 0.3) is 0 Å². The Balaban J connectivity index is 2.79. The van der Waals surface area contributed by atoms with Crippen LogP contribution < -0.4 is 0 Å². The lowest BCUT2D eigenvalue weighted by Gasteiger charge is -2.12. The average Bonchev–Trinajstić information content (AvgIpc) is 2.35. The maximum absolute atomic E-state index is 11.5. The van der Waals surface area contributed by atoms with Crippen LogP contribution in [0, 0.1) is 0 Å². The summed E-state index contributed by atoms with van der Waals surface area (Å²) in [6.07, 6.45) is 1.64. The standard InChI is InChI=1S/C11H12N2O3/c1-2-13(16)11(15)9(8-14)7-10-5-3-4-6-12-10/h3-6,16H,2,7H2,1H3. The number of hydrogen-bond donors (Lipinski definition) is 1. The Hall–Kier alpha value is -1.97. The molecular weight excluding hydrogens is 208 g/mol. The maximum Gasteiger partial charge on any atom is 0.284 e. The van der Waals surface area contributed by atoms with Gasteiger partial charge in [-0.15, -0.1) is 0 Å². The van der Waals surface area contributed by atoms with Gasteiger partial charge in [0.1, 0.15) is 11.5 Å². The van der Waals surface area contributed by atoms with Crippen LogP contribution in [0.15, 0.2) is 30.0 Å². The van der Waals surface area contributed by atoms with Crippen LogP contribution in [0.1, 0.15) is 12.6 Å². The molecule has 1 aromatic heterocycles. The normalized spacial score (nSPS) is 9.38. The molecule has 5 nitrogen and oxygen atoms in total. The Morgan fingerprint density at radius 2 is 2.31 bits per heavy atom. The molecule has 0 aliphatic carbocycles. The third kappa shape index (κ3) is 3.02. The number of amides is 1. The Kier molecular flexibility index (Phi) is 4.39. The van der Waals surface area contributed by atoms with Crippen LogP contribution in [0.2, 0.25) is 0 Å². The fourth-order valence-electron chi connectivity index (χ4n) is 1.14. The van der Waals surface area contributed by atoms with E-state index < -0.39 is 5.91 Å². The highest BCUT2D eigenvalue weighted by molar-refractivity contribution is 6.00. The summed E-state index contributed by atoms with van der Waals surface area (Å²) in [4.78, 5) is 26.1. The zero-order valence-corrected chi connectivity index (χ0v) is 8.88. The Morgan fingerprint density at radius 1 is 1.56 bits per heavy atom. The van der Waals surface area contributed by atoms with Crippen molar-refractivity contribution in [1.29, 1.82) is 0 Å². The molecule has 16 heavy (non-hydrogen) atoms. The van der Waals surface area contributed by atoms with Crippen molar-refractivity contribution in [3.8, 4) is 0 Å². The Morgan fingerprint density at radius 3 is 2.81 bits per heavy atom. The summed E-state index contributed by atoms with van der Waals surface area (Å²) in [6, 6.07) is 5.18. The second-order valence-corrected chi connectivity index (χ2v) is 3.10. The van der Waals surface area contributed by atoms with E-state index in [1.165, 1.54) is 0 Å². The molecule has 1 rings (SSSR count). The molecule has 0 unspecified atom stereocenters. The molecule has 0 spiro atoms. The first-order valence-electron chi connectivity index (χ1n) is 4.83. The molecule has 1 amide bonds. The smallest absolute Gasteiger partial charge is 0.284 e. The van der Waals surface area contributed by atoms with E-state index in [1.807, 2.05) is 0 Å². The van der Waals surface area contributed by atoms with Crippen molar-refractivity contribution in [2.75, 3.05) is 6.54 Å². The minimum atomic E-state index is -0.733. The van der Waals surface area contributed by atoms with Crippen molar-refractivity contribution in [3.05, 3.63) is 35.7 Å². The largest absolute Gasteiger partial charge is 0.286 e. The highest BCUT2D eigenvalue weighted by Crippen LogP contribution is 2.05. The van der Waals surface area contributed by atoms with Crippen LogP contribution in [0.4, 0.5) is 0 Å². The van der Waals surface area contributed by atoms with Gasteiger partial charge in [-0.1, -0.05) is 6.07 Å². The van der Waals surface area contributed by atoms with Gasteiger partial charge < -0.3 is 0 Å². The molecule has 0 aromatic carbocycles. The molecule has 1 aromatic rings. The van der Waals surface area contributed by atoms with E-state index in [1.54, 1.807) is 37.3 Å².